The number of carboxylic acid groups (broad SMARTS) is 1. The number of fused-ring (bicyclic) bond motifs is 1. The molecule has 1 N–H and O–H groups in total. The molecule has 17 heavy (non-hydrogen) atoms. The number of rotatable bonds is 3. The van der Waals surface area contributed by atoms with Gasteiger partial charge in [-0.2, -0.15) is 0 Å². The monoisotopic (exact) mass is 230 g/mol. The molecule has 3 rings (SSSR count). The Hall–Kier alpha value is -1.84. The Bertz CT molecular complexity index is 597. The fourth-order valence-electron chi connectivity index (χ4n) is 2.57. The lowest BCUT2D eigenvalue weighted by atomic mass is 10.1. The van der Waals surface area contributed by atoms with Crippen LogP contribution in [0.2, 0.25) is 0 Å². The van der Waals surface area contributed by atoms with Gasteiger partial charge in [0.2, 0.25) is 0 Å². The Morgan fingerprint density at radius 1 is 1.59 bits per heavy atom. The lowest BCUT2D eigenvalue weighted by Crippen LogP contribution is -2.04. The van der Waals surface area contributed by atoms with E-state index in [0.29, 0.717) is 5.92 Å². The van der Waals surface area contributed by atoms with Gasteiger partial charge in [-0.05, 0) is 36.5 Å². The molecule has 0 atom stereocenters. The number of aliphatic carboxylic acids is 1. The molecule has 1 aliphatic rings. The van der Waals surface area contributed by atoms with Crippen molar-refractivity contribution < 1.29 is 9.90 Å². The first-order valence-electron chi connectivity index (χ1n) is 5.82. The summed E-state index contributed by atoms with van der Waals surface area (Å²) >= 11 is 0. The minimum Gasteiger partial charge on any atom is -0.481 e. The fraction of sp³-hybridized carbons (Fsp3) is 0.385. The van der Waals surface area contributed by atoms with Crippen LogP contribution >= 0.6 is 0 Å². The number of hydrogen-bond acceptors (Lipinski definition) is 2. The van der Waals surface area contributed by atoms with Gasteiger partial charge in [-0.25, -0.2) is 4.98 Å². The van der Waals surface area contributed by atoms with Crippen molar-refractivity contribution >= 4 is 17.0 Å². The summed E-state index contributed by atoms with van der Waals surface area (Å²) in [7, 11) is 1.98. The van der Waals surface area contributed by atoms with Crippen molar-refractivity contribution in [2.24, 2.45) is 7.05 Å². The number of aromatic nitrogens is 2. The van der Waals surface area contributed by atoms with Gasteiger partial charge < -0.3 is 9.67 Å². The van der Waals surface area contributed by atoms with Crippen molar-refractivity contribution in [3.8, 4) is 0 Å². The Morgan fingerprint density at radius 2 is 2.35 bits per heavy atom. The lowest BCUT2D eigenvalue weighted by Gasteiger charge is -2.04. The number of aryl methyl sites for hydroxylation is 1. The van der Waals surface area contributed by atoms with Gasteiger partial charge in [0.05, 0.1) is 6.42 Å². The highest BCUT2D eigenvalue weighted by molar-refractivity contribution is 5.87. The van der Waals surface area contributed by atoms with Gasteiger partial charge in [-0.1, -0.05) is 0 Å². The predicted molar refractivity (Wildman–Crippen MR) is 64.0 cm³/mol. The Kier molecular flexibility index (Phi) is 2.18. The largest absolute Gasteiger partial charge is 0.481 e. The Morgan fingerprint density at radius 3 is 3.00 bits per heavy atom. The van der Waals surface area contributed by atoms with Crippen LogP contribution in [0.3, 0.4) is 0 Å². The first kappa shape index (κ1) is 10.3. The third kappa shape index (κ3) is 1.60. The average molecular weight is 230 g/mol. The van der Waals surface area contributed by atoms with Crippen molar-refractivity contribution in [1.82, 2.24) is 9.55 Å². The van der Waals surface area contributed by atoms with E-state index in [0.717, 1.165) is 29.4 Å². The van der Waals surface area contributed by atoms with E-state index in [9.17, 15) is 4.79 Å². The van der Waals surface area contributed by atoms with Crippen molar-refractivity contribution in [2.75, 3.05) is 0 Å². The van der Waals surface area contributed by atoms with E-state index >= 15 is 0 Å². The zero-order valence-electron chi connectivity index (χ0n) is 9.68. The second-order valence-electron chi connectivity index (χ2n) is 4.64. The van der Waals surface area contributed by atoms with Crippen LogP contribution in [0.15, 0.2) is 18.3 Å². The molecule has 0 spiro atoms. The molecule has 0 unspecified atom stereocenters. The summed E-state index contributed by atoms with van der Waals surface area (Å²) in [5, 5.41) is 10.0. The molecule has 1 fully saturated rings. The smallest absolute Gasteiger partial charge is 0.307 e. The quantitative estimate of drug-likeness (QED) is 0.878. The van der Waals surface area contributed by atoms with Crippen molar-refractivity contribution in [3.05, 3.63) is 29.6 Å². The Balaban J connectivity index is 2.27. The maximum absolute atomic E-state index is 11.0. The molecule has 0 bridgehead atoms. The number of carbonyl (C=O) groups is 1. The maximum Gasteiger partial charge on any atom is 0.307 e. The van der Waals surface area contributed by atoms with Crippen LogP contribution in [-0.4, -0.2) is 20.6 Å². The normalized spacial score (nSPS) is 15.4. The van der Waals surface area contributed by atoms with Gasteiger partial charge in [-0.3, -0.25) is 4.79 Å². The van der Waals surface area contributed by atoms with Crippen LogP contribution in [0, 0.1) is 0 Å². The second kappa shape index (κ2) is 3.58. The van der Waals surface area contributed by atoms with Gasteiger partial charge >= 0.3 is 5.97 Å². The highest BCUT2D eigenvalue weighted by Gasteiger charge is 2.31. The summed E-state index contributed by atoms with van der Waals surface area (Å²) < 4.78 is 2.06. The van der Waals surface area contributed by atoms with E-state index in [1.807, 2.05) is 19.2 Å². The molecule has 4 nitrogen and oxygen atoms in total. The fourth-order valence-corrected chi connectivity index (χ4v) is 2.57. The minimum atomic E-state index is -0.775. The van der Waals surface area contributed by atoms with E-state index in [1.165, 1.54) is 5.69 Å². The van der Waals surface area contributed by atoms with Crippen LogP contribution in [0.4, 0.5) is 0 Å². The first-order chi connectivity index (χ1) is 8.18. The molecule has 0 aliphatic heterocycles. The van der Waals surface area contributed by atoms with E-state index in [-0.39, 0.29) is 6.42 Å². The van der Waals surface area contributed by atoms with Crippen LogP contribution < -0.4 is 0 Å². The molecule has 2 aromatic heterocycles. The maximum atomic E-state index is 11.0. The summed E-state index contributed by atoms with van der Waals surface area (Å²) in [6.45, 7) is 0. The number of nitrogens with zero attached hydrogens (tertiary/aromatic N) is 2. The molecule has 0 saturated heterocycles. The molecule has 0 radical (unpaired) electrons. The molecule has 0 aromatic carbocycles. The zero-order chi connectivity index (χ0) is 12.0. The Labute approximate surface area is 98.9 Å². The molecular formula is C13H14N2O2. The number of carboxylic acids is 1. The third-order valence-electron chi connectivity index (χ3n) is 3.39. The van der Waals surface area contributed by atoms with Gasteiger partial charge in [0.1, 0.15) is 5.65 Å². The molecule has 1 saturated carbocycles. The van der Waals surface area contributed by atoms with E-state index in [1.54, 1.807) is 6.20 Å². The highest BCUT2D eigenvalue weighted by atomic mass is 16.4. The second-order valence-corrected chi connectivity index (χ2v) is 4.64. The molecule has 88 valence electrons. The molecule has 4 heteroatoms. The molecule has 1 aliphatic carbocycles. The topological polar surface area (TPSA) is 55.1 Å². The van der Waals surface area contributed by atoms with E-state index in [2.05, 4.69) is 9.55 Å². The van der Waals surface area contributed by atoms with Gasteiger partial charge in [0, 0.05) is 24.3 Å². The lowest BCUT2D eigenvalue weighted by molar-refractivity contribution is -0.136. The van der Waals surface area contributed by atoms with Crippen LogP contribution in [-0.2, 0) is 18.3 Å². The summed E-state index contributed by atoms with van der Waals surface area (Å²) in [6.07, 6.45) is 4.17. The van der Waals surface area contributed by atoms with Crippen LogP contribution in [0.1, 0.15) is 30.0 Å². The van der Waals surface area contributed by atoms with Crippen LogP contribution in [0.25, 0.3) is 11.0 Å². The zero-order valence-corrected chi connectivity index (χ0v) is 9.68. The third-order valence-corrected chi connectivity index (χ3v) is 3.39. The summed E-state index contributed by atoms with van der Waals surface area (Å²) in [5.41, 5.74) is 3.01. The SMILES string of the molecule is Cn1c(C2CC2)c(CC(=O)O)c2cccnc21. The first-order valence-corrected chi connectivity index (χ1v) is 5.82. The van der Waals surface area contributed by atoms with Crippen molar-refractivity contribution in [1.29, 1.82) is 0 Å². The van der Waals surface area contributed by atoms with E-state index in [4.69, 9.17) is 5.11 Å². The van der Waals surface area contributed by atoms with Crippen molar-refractivity contribution in [2.45, 2.75) is 25.2 Å². The average Bonchev–Trinajstić information content (AvgIpc) is 3.08. The summed E-state index contributed by atoms with van der Waals surface area (Å²) in [5.74, 6) is -0.244. The molecule has 0 amide bonds. The molecule has 2 heterocycles. The van der Waals surface area contributed by atoms with Crippen LogP contribution in [0.5, 0.6) is 0 Å². The summed E-state index contributed by atoms with van der Waals surface area (Å²) in [4.78, 5) is 15.3. The highest BCUT2D eigenvalue weighted by Crippen LogP contribution is 2.44. The van der Waals surface area contributed by atoms with Gasteiger partial charge in [-0.15, -0.1) is 0 Å². The number of hydrogen-bond donors (Lipinski definition) is 1. The predicted octanol–water partition coefficient (Wildman–Crippen LogP) is 2.08. The minimum absolute atomic E-state index is 0.0921. The number of pyridine rings is 1. The molecular weight excluding hydrogens is 216 g/mol. The van der Waals surface area contributed by atoms with Gasteiger partial charge in [0.15, 0.2) is 0 Å². The van der Waals surface area contributed by atoms with Crippen molar-refractivity contribution in [3.63, 3.8) is 0 Å². The summed E-state index contributed by atoms with van der Waals surface area (Å²) in [6, 6.07) is 3.83. The molecule has 2 aromatic rings. The van der Waals surface area contributed by atoms with E-state index < -0.39 is 5.97 Å². The standard InChI is InChI=1S/C13H14N2O2/c1-15-12(8-4-5-8)10(7-11(16)17)9-3-2-6-14-13(9)15/h2-3,6,8H,4-5,7H2,1H3,(H,16,17). The van der Waals surface area contributed by atoms with Gasteiger partial charge in [0.25, 0.3) is 0 Å².